The zero-order valence-electron chi connectivity index (χ0n) is 34.9. The molecule has 2 unspecified atom stereocenters. The Morgan fingerprint density at radius 1 is 0.850 bits per heavy atom. The van der Waals surface area contributed by atoms with Crippen LogP contribution >= 0.6 is 11.3 Å². The molecule has 15 nitrogen and oxygen atoms in total. The Morgan fingerprint density at radius 3 is 2.20 bits per heavy atom. The molecule has 3 atom stereocenters. The minimum atomic E-state index is -0.869. The molecule has 5 rings (SSSR count). The Kier molecular flexibility index (Phi) is 19.7. The highest BCUT2D eigenvalue weighted by Gasteiger charge is 2.41. The summed E-state index contributed by atoms with van der Waals surface area (Å²) >= 11 is 1.36. The number of rotatable bonds is 25. The summed E-state index contributed by atoms with van der Waals surface area (Å²) in [5.41, 5.74) is 6.95. The Morgan fingerprint density at radius 2 is 1.52 bits per heavy atom. The minimum Gasteiger partial charge on any atom is -0.491 e. The molecular formula is C44H61N5O10S. The molecule has 3 aromatic rings. The molecule has 1 aromatic heterocycles. The van der Waals surface area contributed by atoms with Crippen molar-refractivity contribution in [3.8, 4) is 5.75 Å². The van der Waals surface area contributed by atoms with Crippen LogP contribution in [-0.4, -0.2) is 130 Å². The summed E-state index contributed by atoms with van der Waals surface area (Å²) in [4.78, 5) is 62.5. The number of hydrogen-bond donors (Lipinski definition) is 2. The van der Waals surface area contributed by atoms with Gasteiger partial charge in [0.25, 0.3) is 0 Å². The number of ether oxygens (including phenoxy) is 6. The highest BCUT2D eigenvalue weighted by molar-refractivity contribution is 7.10. The van der Waals surface area contributed by atoms with Gasteiger partial charge in [-0.1, -0.05) is 61.7 Å². The fourth-order valence-electron chi connectivity index (χ4n) is 7.23. The third-order valence-electron chi connectivity index (χ3n) is 10.7. The van der Waals surface area contributed by atoms with Crippen molar-refractivity contribution in [2.75, 3.05) is 79.6 Å². The van der Waals surface area contributed by atoms with Gasteiger partial charge in [0.1, 0.15) is 41.7 Å². The van der Waals surface area contributed by atoms with E-state index in [1.807, 2.05) is 35.2 Å². The second-order valence-corrected chi connectivity index (χ2v) is 15.8. The molecular weight excluding hydrogens is 791 g/mol. The molecule has 1 aliphatic carbocycles. The van der Waals surface area contributed by atoms with E-state index >= 15 is 0 Å². The van der Waals surface area contributed by atoms with Crippen molar-refractivity contribution >= 4 is 35.0 Å². The normalized spacial score (nSPS) is 16.6. The van der Waals surface area contributed by atoms with Gasteiger partial charge in [0.2, 0.25) is 17.6 Å². The van der Waals surface area contributed by atoms with Crippen LogP contribution in [0.15, 0.2) is 60.0 Å². The van der Waals surface area contributed by atoms with Crippen molar-refractivity contribution in [2.45, 2.75) is 76.6 Å². The summed E-state index contributed by atoms with van der Waals surface area (Å²) in [5.74, 6) is -0.312. The van der Waals surface area contributed by atoms with Gasteiger partial charge < -0.3 is 44.4 Å². The van der Waals surface area contributed by atoms with Crippen molar-refractivity contribution in [3.05, 3.63) is 81.8 Å². The third-order valence-corrected chi connectivity index (χ3v) is 11.6. The molecule has 2 aromatic carbocycles. The summed E-state index contributed by atoms with van der Waals surface area (Å²) in [7, 11) is 1.52. The number of hydrogen-bond acceptors (Lipinski definition) is 13. The number of nitrogens with zero attached hydrogens (tertiary/aromatic N) is 3. The van der Waals surface area contributed by atoms with Gasteiger partial charge >= 0.3 is 6.09 Å². The van der Waals surface area contributed by atoms with Crippen LogP contribution in [0.25, 0.3) is 0 Å². The molecule has 0 radical (unpaired) electrons. The molecule has 3 amide bonds. The molecule has 2 fully saturated rings. The van der Waals surface area contributed by atoms with Crippen molar-refractivity contribution in [1.29, 1.82) is 0 Å². The molecule has 3 N–H and O–H groups in total. The first-order valence-corrected chi connectivity index (χ1v) is 21.9. The van der Waals surface area contributed by atoms with Gasteiger partial charge in [0.05, 0.1) is 58.9 Å². The molecule has 1 saturated heterocycles. The van der Waals surface area contributed by atoms with E-state index in [4.69, 9.17) is 39.1 Å². The lowest BCUT2D eigenvalue weighted by molar-refractivity contribution is -0.140. The van der Waals surface area contributed by atoms with Gasteiger partial charge in [0, 0.05) is 31.1 Å². The maximum Gasteiger partial charge on any atom is 0.410 e. The first-order valence-electron chi connectivity index (χ1n) is 21.0. The molecule has 2 aliphatic rings. The van der Waals surface area contributed by atoms with Crippen LogP contribution < -0.4 is 15.8 Å². The van der Waals surface area contributed by atoms with Crippen LogP contribution in [0.1, 0.15) is 84.5 Å². The maximum atomic E-state index is 14.5. The summed E-state index contributed by atoms with van der Waals surface area (Å²) < 4.78 is 33.1. The van der Waals surface area contributed by atoms with Gasteiger partial charge in [-0.25, -0.2) is 9.78 Å². The van der Waals surface area contributed by atoms with E-state index < -0.39 is 24.1 Å². The van der Waals surface area contributed by atoms with Gasteiger partial charge in [-0.2, -0.15) is 0 Å². The van der Waals surface area contributed by atoms with E-state index in [9.17, 15) is 19.2 Å². The number of likely N-dealkylation sites (N-methyl/N-ethyl adjacent to an activating group) is 1. The Hall–Kier alpha value is -4.45. The zero-order valence-corrected chi connectivity index (χ0v) is 35.7. The first kappa shape index (κ1) is 46.6. The zero-order chi connectivity index (χ0) is 42.5. The van der Waals surface area contributed by atoms with Crippen molar-refractivity contribution < 1.29 is 47.6 Å². The van der Waals surface area contributed by atoms with Gasteiger partial charge in [0.15, 0.2) is 0 Å². The van der Waals surface area contributed by atoms with E-state index in [1.165, 1.54) is 23.3 Å². The average Bonchev–Trinajstić information content (AvgIpc) is 3.98. The average molecular weight is 852 g/mol. The van der Waals surface area contributed by atoms with E-state index in [1.54, 1.807) is 36.6 Å². The molecule has 16 heteroatoms. The Bertz CT molecular complexity index is 1770. The number of nitrogens with one attached hydrogen (secondary N) is 1. The monoisotopic (exact) mass is 851 g/mol. The number of benzene rings is 2. The number of carbonyl (C=O) groups is 4. The van der Waals surface area contributed by atoms with E-state index in [-0.39, 0.29) is 30.3 Å². The van der Waals surface area contributed by atoms with Crippen LogP contribution in [0.2, 0.25) is 0 Å². The van der Waals surface area contributed by atoms with E-state index in [2.05, 4.69) is 5.32 Å². The van der Waals surface area contributed by atoms with Crippen LogP contribution in [0.4, 0.5) is 4.79 Å². The van der Waals surface area contributed by atoms with Gasteiger partial charge in [-0.3, -0.25) is 19.3 Å². The number of carbonyl (C=O) groups excluding carboxylic acids is 4. The van der Waals surface area contributed by atoms with Crippen LogP contribution in [0, 0.1) is 5.92 Å². The molecule has 0 spiro atoms. The smallest absolute Gasteiger partial charge is 0.410 e. The fourth-order valence-corrected chi connectivity index (χ4v) is 8.17. The SMILES string of the molecule is CC(C(=O)NC(C(=O)N1CCC[C@H]1c1nc(C(=O)c2cccc(OCCOCCOCCOCCOCCN)c2)cs1)C1CCCCC1)N(C)C(=O)OCc1ccccc1. The highest BCUT2D eigenvalue weighted by atomic mass is 32.1. The molecule has 60 heavy (non-hydrogen) atoms. The molecule has 1 saturated carbocycles. The predicted molar refractivity (Wildman–Crippen MR) is 226 cm³/mol. The predicted octanol–water partition coefficient (Wildman–Crippen LogP) is 5.16. The van der Waals surface area contributed by atoms with E-state index in [0.717, 1.165) is 44.1 Å². The third kappa shape index (κ3) is 14.3. The molecule has 2 heterocycles. The minimum absolute atomic E-state index is 0.0311. The van der Waals surface area contributed by atoms with E-state index in [0.29, 0.717) is 101 Å². The molecule has 328 valence electrons. The number of thiazole rings is 1. The Labute approximate surface area is 357 Å². The maximum absolute atomic E-state index is 14.5. The van der Waals surface area contributed by atoms with Gasteiger partial charge in [-0.05, 0) is 56.2 Å². The lowest BCUT2D eigenvalue weighted by Crippen LogP contribution is -2.56. The lowest BCUT2D eigenvalue weighted by atomic mass is 9.83. The topological polar surface area (TPSA) is 181 Å². The largest absolute Gasteiger partial charge is 0.491 e. The fraction of sp³-hybridized carbons (Fsp3) is 0.568. The standard InChI is InChI=1S/C44H61N5O10S/c1-32(48(2)44(53)59-30-33-11-5-3-6-12-33)41(51)47-39(34-13-7-4-8-14-34)43(52)49-19-10-17-38(49)42-46-37(31-60-42)40(50)35-15-9-16-36(29-35)58-28-27-57-26-25-56-24-23-55-22-21-54-20-18-45/h3,5-6,9,11-12,15-16,29,31-32,34,38-39H,4,7-8,10,13-14,17-28,30,45H2,1-2H3,(H,47,51)/t32?,38-,39?/m0/s1. The second kappa shape index (κ2) is 25.4. The van der Waals surface area contributed by atoms with Crippen LogP contribution in [0.5, 0.6) is 5.75 Å². The Balaban J connectivity index is 1.11. The summed E-state index contributed by atoms with van der Waals surface area (Å²) in [6.45, 7) is 6.71. The second-order valence-electron chi connectivity index (χ2n) is 14.9. The van der Waals surface area contributed by atoms with Crippen molar-refractivity contribution in [2.24, 2.45) is 11.7 Å². The van der Waals surface area contributed by atoms with Crippen molar-refractivity contribution in [1.82, 2.24) is 20.1 Å². The van der Waals surface area contributed by atoms with Gasteiger partial charge in [-0.15, -0.1) is 11.3 Å². The molecule has 0 bridgehead atoms. The summed E-state index contributed by atoms with van der Waals surface area (Å²) in [5, 5.41) is 5.47. The quantitative estimate of drug-likeness (QED) is 0.0846. The van der Waals surface area contributed by atoms with Crippen LogP contribution in [0.3, 0.4) is 0 Å². The highest BCUT2D eigenvalue weighted by Crippen LogP contribution is 2.37. The number of nitrogens with two attached hydrogens (primary N) is 1. The van der Waals surface area contributed by atoms with Crippen LogP contribution in [-0.2, 0) is 39.9 Å². The molecule has 1 aliphatic heterocycles. The summed E-state index contributed by atoms with van der Waals surface area (Å²) in [6.07, 6.45) is 5.53. The lowest BCUT2D eigenvalue weighted by Gasteiger charge is -2.35. The summed E-state index contributed by atoms with van der Waals surface area (Å²) in [6, 6.07) is 14.4. The van der Waals surface area contributed by atoms with Crippen molar-refractivity contribution in [3.63, 3.8) is 0 Å². The number of amides is 3. The first-order chi connectivity index (χ1) is 29.3. The number of likely N-dealkylation sites (tertiary alicyclic amines) is 1. The number of ketones is 1. The number of aromatic nitrogens is 1.